The van der Waals surface area contributed by atoms with Crippen molar-refractivity contribution in [2.24, 2.45) is 0 Å². The van der Waals surface area contributed by atoms with Gasteiger partial charge < -0.3 is 14.5 Å². The minimum Gasteiger partial charge on any atom is -0.497 e. The number of rotatable bonds is 4. The van der Waals surface area contributed by atoms with E-state index in [0.29, 0.717) is 13.1 Å². The van der Waals surface area contributed by atoms with E-state index in [1.54, 1.807) is 16.9 Å². The van der Waals surface area contributed by atoms with Crippen LogP contribution in [-0.2, 0) is 11.2 Å². The van der Waals surface area contributed by atoms with Crippen LogP contribution in [0.5, 0.6) is 5.75 Å². The zero-order valence-corrected chi connectivity index (χ0v) is 15.6. The summed E-state index contributed by atoms with van der Waals surface area (Å²) in [7, 11) is 1.61. The number of ether oxygens (including phenoxy) is 1. The van der Waals surface area contributed by atoms with Crippen molar-refractivity contribution in [3.63, 3.8) is 0 Å². The monoisotopic (exact) mass is 365 g/mol. The van der Waals surface area contributed by atoms with Crippen LogP contribution in [0.2, 0.25) is 0 Å². The molecular weight excluding hydrogens is 342 g/mol. The average molecular weight is 365 g/mol. The topological polar surface area (TPSA) is 53.1 Å². The number of methoxy groups -OCH3 is 1. The van der Waals surface area contributed by atoms with E-state index in [1.807, 2.05) is 54.3 Å². The first kappa shape index (κ1) is 17.4. The fourth-order valence-electron chi connectivity index (χ4n) is 3.92. The van der Waals surface area contributed by atoms with Crippen molar-refractivity contribution in [3.8, 4) is 5.75 Å². The summed E-state index contributed by atoms with van der Waals surface area (Å²) in [6.45, 7) is 3.27. The van der Waals surface area contributed by atoms with Gasteiger partial charge in [-0.1, -0.05) is 18.2 Å². The Morgan fingerprint density at radius 2 is 1.85 bits per heavy atom. The Labute approximate surface area is 158 Å². The molecule has 0 spiro atoms. The molecule has 0 bridgehead atoms. The quantitative estimate of drug-likeness (QED) is 0.837. The van der Waals surface area contributed by atoms with Crippen LogP contribution < -0.4 is 14.5 Å². The van der Waals surface area contributed by atoms with E-state index in [0.717, 1.165) is 23.5 Å². The highest BCUT2D eigenvalue weighted by molar-refractivity contribution is 6.01. The van der Waals surface area contributed by atoms with Gasteiger partial charge in [-0.05, 0) is 49.2 Å². The van der Waals surface area contributed by atoms with E-state index in [1.165, 1.54) is 5.56 Å². The number of para-hydroxylation sites is 1. The largest absolute Gasteiger partial charge is 0.497 e. The lowest BCUT2D eigenvalue weighted by Gasteiger charge is -2.25. The lowest BCUT2D eigenvalue weighted by atomic mass is 10.1. The van der Waals surface area contributed by atoms with Crippen molar-refractivity contribution in [2.45, 2.75) is 19.4 Å². The van der Waals surface area contributed by atoms with Gasteiger partial charge in [0.2, 0.25) is 5.91 Å². The summed E-state index contributed by atoms with van der Waals surface area (Å²) < 4.78 is 5.16. The van der Waals surface area contributed by atoms with E-state index in [-0.39, 0.29) is 24.5 Å². The normalized spacial score (nSPS) is 18.8. The third-order valence-electron chi connectivity index (χ3n) is 5.28. The number of carbonyl (C=O) groups is 2. The van der Waals surface area contributed by atoms with Gasteiger partial charge in [0.05, 0.1) is 7.11 Å². The molecule has 2 aromatic carbocycles. The van der Waals surface area contributed by atoms with Crippen LogP contribution in [0, 0.1) is 0 Å². The number of benzene rings is 2. The molecule has 2 aliphatic rings. The maximum Gasteiger partial charge on any atom is 0.325 e. The third kappa shape index (κ3) is 3.12. The number of urea groups is 1. The minimum atomic E-state index is -0.131. The van der Waals surface area contributed by atoms with Crippen LogP contribution in [0.3, 0.4) is 0 Å². The molecule has 0 radical (unpaired) electrons. The molecule has 1 saturated heterocycles. The van der Waals surface area contributed by atoms with E-state index in [4.69, 9.17) is 4.74 Å². The molecule has 140 valence electrons. The second-order valence-electron chi connectivity index (χ2n) is 7.00. The Kier molecular flexibility index (Phi) is 4.48. The van der Waals surface area contributed by atoms with Gasteiger partial charge in [-0.2, -0.15) is 0 Å². The molecule has 0 saturated carbocycles. The van der Waals surface area contributed by atoms with Gasteiger partial charge >= 0.3 is 6.03 Å². The van der Waals surface area contributed by atoms with Crippen molar-refractivity contribution >= 4 is 23.3 Å². The number of fused-ring (bicyclic) bond motifs is 1. The Morgan fingerprint density at radius 3 is 2.59 bits per heavy atom. The summed E-state index contributed by atoms with van der Waals surface area (Å²) in [5, 5.41) is 0. The van der Waals surface area contributed by atoms with Gasteiger partial charge in [-0.25, -0.2) is 4.79 Å². The standard InChI is InChI=1S/C21H23N3O3/c1-15-13-16-5-3-4-6-19(16)24(15)20(25)14-22-11-12-23(21(22)26)17-7-9-18(27-2)10-8-17/h3-10,15H,11-14H2,1-2H3. The van der Waals surface area contributed by atoms with Gasteiger partial charge in [0.15, 0.2) is 0 Å². The van der Waals surface area contributed by atoms with Crippen molar-refractivity contribution in [1.82, 2.24) is 4.90 Å². The molecule has 3 amide bonds. The number of hydrogen-bond donors (Lipinski definition) is 0. The number of amides is 3. The molecule has 4 rings (SSSR count). The minimum absolute atomic E-state index is 0.0302. The van der Waals surface area contributed by atoms with Crippen LogP contribution in [-0.4, -0.2) is 49.6 Å². The van der Waals surface area contributed by atoms with Crippen LogP contribution in [0.25, 0.3) is 0 Å². The highest BCUT2D eigenvalue weighted by atomic mass is 16.5. The van der Waals surface area contributed by atoms with E-state index >= 15 is 0 Å². The van der Waals surface area contributed by atoms with Gasteiger partial charge in [-0.15, -0.1) is 0 Å². The van der Waals surface area contributed by atoms with Crippen molar-refractivity contribution in [1.29, 1.82) is 0 Å². The zero-order valence-electron chi connectivity index (χ0n) is 15.6. The number of nitrogens with zero attached hydrogens (tertiary/aromatic N) is 3. The van der Waals surface area contributed by atoms with Gasteiger partial charge in [0.25, 0.3) is 0 Å². The summed E-state index contributed by atoms with van der Waals surface area (Å²) in [6, 6.07) is 15.4. The number of carbonyl (C=O) groups excluding carboxylic acids is 2. The molecule has 6 heteroatoms. The fraction of sp³-hybridized carbons (Fsp3) is 0.333. The SMILES string of the molecule is COc1ccc(N2CCN(CC(=O)N3c4ccccc4CC3C)C2=O)cc1. The number of hydrogen-bond acceptors (Lipinski definition) is 3. The molecule has 1 fully saturated rings. The smallest absolute Gasteiger partial charge is 0.325 e. The van der Waals surface area contributed by atoms with Crippen molar-refractivity contribution < 1.29 is 14.3 Å². The lowest BCUT2D eigenvalue weighted by molar-refractivity contribution is -0.119. The summed E-state index contributed by atoms with van der Waals surface area (Å²) >= 11 is 0. The van der Waals surface area contributed by atoms with Crippen LogP contribution >= 0.6 is 0 Å². The first-order chi connectivity index (χ1) is 13.1. The molecule has 1 unspecified atom stereocenters. The molecule has 27 heavy (non-hydrogen) atoms. The molecule has 0 aromatic heterocycles. The predicted octanol–water partition coefficient (Wildman–Crippen LogP) is 2.92. The second kappa shape index (κ2) is 6.95. The summed E-state index contributed by atoms with van der Waals surface area (Å²) in [5.41, 5.74) is 2.97. The van der Waals surface area contributed by atoms with E-state index in [2.05, 4.69) is 6.07 Å². The molecular formula is C21H23N3O3. The van der Waals surface area contributed by atoms with Crippen LogP contribution in [0.4, 0.5) is 16.2 Å². The van der Waals surface area contributed by atoms with Crippen molar-refractivity contribution in [2.75, 3.05) is 36.5 Å². The first-order valence-corrected chi connectivity index (χ1v) is 9.19. The van der Waals surface area contributed by atoms with Gasteiger partial charge in [0, 0.05) is 30.5 Å². The predicted molar refractivity (Wildman–Crippen MR) is 104 cm³/mol. The van der Waals surface area contributed by atoms with Crippen molar-refractivity contribution in [3.05, 3.63) is 54.1 Å². The second-order valence-corrected chi connectivity index (χ2v) is 7.00. The van der Waals surface area contributed by atoms with E-state index < -0.39 is 0 Å². The molecule has 2 heterocycles. The Balaban J connectivity index is 1.46. The Morgan fingerprint density at radius 1 is 1.11 bits per heavy atom. The maximum absolute atomic E-state index is 12.9. The summed E-state index contributed by atoms with van der Waals surface area (Å²) in [4.78, 5) is 30.9. The fourth-order valence-corrected chi connectivity index (χ4v) is 3.92. The molecule has 0 N–H and O–H groups in total. The third-order valence-corrected chi connectivity index (χ3v) is 5.28. The summed E-state index contributed by atoms with van der Waals surface area (Å²) in [6.07, 6.45) is 0.855. The first-order valence-electron chi connectivity index (χ1n) is 9.19. The summed E-state index contributed by atoms with van der Waals surface area (Å²) in [5.74, 6) is 0.719. The average Bonchev–Trinajstić information content (AvgIpc) is 3.21. The van der Waals surface area contributed by atoms with E-state index in [9.17, 15) is 9.59 Å². The van der Waals surface area contributed by atoms with Gasteiger partial charge in [0.1, 0.15) is 12.3 Å². The highest BCUT2D eigenvalue weighted by Gasteiger charge is 2.35. The molecule has 2 aliphatic heterocycles. The molecule has 1 atom stereocenters. The number of anilines is 2. The van der Waals surface area contributed by atoms with Gasteiger partial charge in [-0.3, -0.25) is 9.69 Å². The Bertz CT molecular complexity index is 865. The lowest BCUT2D eigenvalue weighted by Crippen LogP contribution is -2.44. The van der Waals surface area contributed by atoms with Crippen LogP contribution in [0.15, 0.2) is 48.5 Å². The maximum atomic E-state index is 12.9. The highest BCUT2D eigenvalue weighted by Crippen LogP contribution is 2.32. The molecule has 6 nitrogen and oxygen atoms in total. The molecule has 0 aliphatic carbocycles. The Hall–Kier alpha value is -3.02. The van der Waals surface area contributed by atoms with Crippen LogP contribution in [0.1, 0.15) is 12.5 Å². The molecule has 2 aromatic rings. The zero-order chi connectivity index (χ0) is 19.0.